The maximum absolute atomic E-state index is 6.18. The van der Waals surface area contributed by atoms with Gasteiger partial charge in [0.2, 0.25) is 0 Å². The van der Waals surface area contributed by atoms with E-state index in [9.17, 15) is 0 Å². The number of hydrogen-bond donors (Lipinski definition) is 1. The SMILES string of the molecule is Cc1c(Cl)cccc1NC(=S)N1CCC(Cc2ccccc2)CC1. The standard InChI is InChI=1S/C20H23ClN2S/c1-15-18(21)8-5-9-19(15)22-20(24)23-12-10-17(11-13-23)14-16-6-3-2-4-7-16/h2-9,17H,10-14H2,1H3,(H,22,24). The minimum atomic E-state index is 0.749. The van der Waals surface area contributed by atoms with Crippen LogP contribution in [-0.2, 0) is 6.42 Å². The fourth-order valence-electron chi connectivity index (χ4n) is 3.22. The van der Waals surface area contributed by atoms with Gasteiger partial charge in [-0.25, -0.2) is 0 Å². The lowest BCUT2D eigenvalue weighted by Gasteiger charge is -2.34. The maximum Gasteiger partial charge on any atom is 0.173 e. The number of piperidine rings is 1. The van der Waals surface area contributed by atoms with Crippen molar-refractivity contribution in [3.05, 3.63) is 64.7 Å². The highest BCUT2D eigenvalue weighted by Gasteiger charge is 2.21. The zero-order valence-corrected chi connectivity index (χ0v) is 15.5. The second-order valence-electron chi connectivity index (χ2n) is 6.46. The quantitative estimate of drug-likeness (QED) is 0.749. The Balaban J connectivity index is 1.52. The number of anilines is 1. The van der Waals surface area contributed by atoms with Gasteiger partial charge >= 0.3 is 0 Å². The van der Waals surface area contributed by atoms with E-state index >= 15 is 0 Å². The summed E-state index contributed by atoms with van der Waals surface area (Å²) in [5, 5.41) is 4.93. The summed E-state index contributed by atoms with van der Waals surface area (Å²) in [4.78, 5) is 2.27. The van der Waals surface area contributed by atoms with Crippen molar-refractivity contribution in [3.63, 3.8) is 0 Å². The molecule has 2 aromatic rings. The molecule has 1 saturated heterocycles. The Labute approximate surface area is 154 Å². The van der Waals surface area contributed by atoms with E-state index in [-0.39, 0.29) is 0 Å². The van der Waals surface area contributed by atoms with E-state index in [2.05, 4.69) is 40.5 Å². The topological polar surface area (TPSA) is 15.3 Å². The molecule has 126 valence electrons. The molecular weight excluding hydrogens is 336 g/mol. The molecule has 4 heteroatoms. The summed E-state index contributed by atoms with van der Waals surface area (Å²) in [6, 6.07) is 16.6. The summed E-state index contributed by atoms with van der Waals surface area (Å²) in [5.74, 6) is 0.749. The Kier molecular flexibility index (Phi) is 5.75. The van der Waals surface area contributed by atoms with Crippen LogP contribution < -0.4 is 5.32 Å². The van der Waals surface area contributed by atoms with Gasteiger partial charge in [0, 0.05) is 23.8 Å². The van der Waals surface area contributed by atoms with E-state index in [1.54, 1.807) is 0 Å². The minimum absolute atomic E-state index is 0.749. The highest BCUT2D eigenvalue weighted by molar-refractivity contribution is 7.80. The van der Waals surface area contributed by atoms with Gasteiger partial charge in [0.1, 0.15) is 0 Å². The first-order chi connectivity index (χ1) is 11.6. The summed E-state index contributed by atoms with van der Waals surface area (Å²) < 4.78 is 0. The third-order valence-corrected chi connectivity index (χ3v) is 5.55. The number of likely N-dealkylation sites (tertiary alicyclic amines) is 1. The zero-order chi connectivity index (χ0) is 16.9. The van der Waals surface area contributed by atoms with E-state index in [1.165, 1.54) is 24.8 Å². The van der Waals surface area contributed by atoms with Gasteiger partial charge in [0.25, 0.3) is 0 Å². The molecule has 0 atom stereocenters. The molecule has 1 fully saturated rings. The van der Waals surface area contributed by atoms with Crippen LogP contribution in [-0.4, -0.2) is 23.1 Å². The molecule has 0 bridgehead atoms. The number of nitrogens with zero attached hydrogens (tertiary/aromatic N) is 1. The van der Waals surface area contributed by atoms with Crippen LogP contribution in [0.1, 0.15) is 24.0 Å². The predicted octanol–water partition coefficient (Wildman–Crippen LogP) is 5.30. The second-order valence-corrected chi connectivity index (χ2v) is 7.26. The van der Waals surface area contributed by atoms with Crippen molar-refractivity contribution in [2.75, 3.05) is 18.4 Å². The van der Waals surface area contributed by atoms with Gasteiger partial charge in [-0.1, -0.05) is 48.0 Å². The molecule has 1 heterocycles. The first kappa shape index (κ1) is 17.2. The molecule has 0 aromatic heterocycles. The van der Waals surface area contributed by atoms with Crippen molar-refractivity contribution in [1.82, 2.24) is 4.90 Å². The van der Waals surface area contributed by atoms with Gasteiger partial charge in [-0.2, -0.15) is 0 Å². The van der Waals surface area contributed by atoms with E-state index in [0.717, 1.165) is 40.4 Å². The van der Waals surface area contributed by atoms with Crippen molar-refractivity contribution in [1.29, 1.82) is 0 Å². The number of halogens is 1. The third kappa shape index (κ3) is 4.28. The number of benzene rings is 2. The number of nitrogens with one attached hydrogen (secondary N) is 1. The Hall–Kier alpha value is -1.58. The highest BCUT2D eigenvalue weighted by Crippen LogP contribution is 2.25. The summed E-state index contributed by atoms with van der Waals surface area (Å²) >= 11 is 11.8. The van der Waals surface area contributed by atoms with Crippen molar-refractivity contribution in [2.24, 2.45) is 5.92 Å². The second kappa shape index (κ2) is 8.00. The first-order valence-corrected chi connectivity index (χ1v) is 9.27. The Bertz CT molecular complexity index is 694. The van der Waals surface area contributed by atoms with Gasteiger partial charge < -0.3 is 10.2 Å². The Morgan fingerprint density at radius 1 is 1.12 bits per heavy atom. The molecule has 3 rings (SSSR count). The van der Waals surface area contributed by atoms with E-state index < -0.39 is 0 Å². The van der Waals surface area contributed by atoms with Crippen molar-refractivity contribution in [2.45, 2.75) is 26.2 Å². The van der Waals surface area contributed by atoms with Gasteiger partial charge in [-0.05, 0) is 67.6 Å². The van der Waals surface area contributed by atoms with Crippen LogP contribution in [0.4, 0.5) is 5.69 Å². The van der Waals surface area contributed by atoms with Gasteiger partial charge in [-0.15, -0.1) is 0 Å². The molecule has 24 heavy (non-hydrogen) atoms. The molecular formula is C20H23ClN2S. The van der Waals surface area contributed by atoms with Crippen LogP contribution in [0.25, 0.3) is 0 Å². The molecule has 0 aliphatic carbocycles. The van der Waals surface area contributed by atoms with E-state index in [1.807, 2.05) is 25.1 Å². The van der Waals surface area contributed by atoms with Crippen LogP contribution in [0.2, 0.25) is 5.02 Å². The molecule has 0 saturated carbocycles. The average Bonchev–Trinajstić information content (AvgIpc) is 2.60. The summed E-state index contributed by atoms with van der Waals surface area (Å²) in [5.41, 5.74) is 3.48. The largest absolute Gasteiger partial charge is 0.349 e. The molecule has 1 aliphatic heterocycles. The fourth-order valence-corrected chi connectivity index (χ4v) is 3.69. The predicted molar refractivity (Wildman–Crippen MR) is 107 cm³/mol. The third-order valence-electron chi connectivity index (χ3n) is 4.78. The molecule has 2 nitrogen and oxygen atoms in total. The summed E-state index contributed by atoms with van der Waals surface area (Å²) in [6.07, 6.45) is 3.54. The number of thiocarbonyl (C=S) groups is 1. The maximum atomic E-state index is 6.18. The molecule has 1 N–H and O–H groups in total. The molecule has 0 spiro atoms. The monoisotopic (exact) mass is 358 g/mol. The first-order valence-electron chi connectivity index (χ1n) is 8.48. The summed E-state index contributed by atoms with van der Waals surface area (Å²) in [6.45, 7) is 4.05. The average molecular weight is 359 g/mol. The number of rotatable bonds is 3. The zero-order valence-electron chi connectivity index (χ0n) is 14.0. The summed E-state index contributed by atoms with van der Waals surface area (Å²) in [7, 11) is 0. The van der Waals surface area contributed by atoms with Crippen LogP contribution in [0, 0.1) is 12.8 Å². The Morgan fingerprint density at radius 2 is 1.83 bits per heavy atom. The highest BCUT2D eigenvalue weighted by atomic mass is 35.5. The molecule has 2 aromatic carbocycles. The van der Waals surface area contributed by atoms with Crippen LogP contribution in [0.3, 0.4) is 0 Å². The van der Waals surface area contributed by atoms with Crippen molar-refractivity contribution in [3.8, 4) is 0 Å². The normalized spacial score (nSPS) is 15.3. The van der Waals surface area contributed by atoms with Gasteiger partial charge in [0.15, 0.2) is 5.11 Å². The van der Waals surface area contributed by atoms with Crippen LogP contribution in [0.5, 0.6) is 0 Å². The smallest absolute Gasteiger partial charge is 0.173 e. The van der Waals surface area contributed by atoms with E-state index in [4.69, 9.17) is 23.8 Å². The van der Waals surface area contributed by atoms with Crippen LogP contribution in [0.15, 0.2) is 48.5 Å². The lowest BCUT2D eigenvalue weighted by Crippen LogP contribution is -2.41. The van der Waals surface area contributed by atoms with Crippen LogP contribution >= 0.6 is 23.8 Å². The van der Waals surface area contributed by atoms with Gasteiger partial charge in [-0.3, -0.25) is 0 Å². The van der Waals surface area contributed by atoms with Crippen molar-refractivity contribution < 1.29 is 0 Å². The number of hydrogen-bond acceptors (Lipinski definition) is 1. The minimum Gasteiger partial charge on any atom is -0.349 e. The molecule has 0 radical (unpaired) electrons. The van der Waals surface area contributed by atoms with Crippen molar-refractivity contribution >= 4 is 34.6 Å². The van der Waals surface area contributed by atoms with E-state index in [0.29, 0.717) is 0 Å². The molecule has 1 aliphatic rings. The molecule has 0 amide bonds. The lowest BCUT2D eigenvalue weighted by atomic mass is 9.90. The van der Waals surface area contributed by atoms with Gasteiger partial charge in [0.05, 0.1) is 0 Å². The Morgan fingerprint density at radius 3 is 2.54 bits per heavy atom. The molecule has 0 unspecified atom stereocenters. The lowest BCUT2D eigenvalue weighted by molar-refractivity contribution is 0.268. The fraction of sp³-hybridized carbons (Fsp3) is 0.350.